The molecule has 2 nitrogen and oxygen atoms in total. The van der Waals surface area contributed by atoms with Crippen LogP contribution in [0, 0.1) is 11.6 Å². The maximum Gasteiger partial charge on any atom is 0.161 e. The summed E-state index contributed by atoms with van der Waals surface area (Å²) in [4.78, 5) is 6.08. The second-order valence-electron chi connectivity index (χ2n) is 4.75. The second-order valence-corrected chi connectivity index (χ2v) is 4.75. The molecule has 0 amide bonds. The van der Waals surface area contributed by atoms with Crippen LogP contribution in [0.3, 0.4) is 0 Å². The molecule has 2 N–H and O–H groups in total. The molecule has 4 heteroatoms. The molecular formula is C16H10F2N2. The van der Waals surface area contributed by atoms with Gasteiger partial charge in [-0.1, -0.05) is 24.3 Å². The molecule has 98 valence electrons. The first-order valence-corrected chi connectivity index (χ1v) is 6.28. The first kappa shape index (κ1) is 11.2. The van der Waals surface area contributed by atoms with Gasteiger partial charge in [-0.05, 0) is 24.3 Å². The van der Waals surface area contributed by atoms with E-state index >= 15 is 0 Å². The van der Waals surface area contributed by atoms with E-state index in [9.17, 15) is 8.78 Å². The molecule has 0 saturated heterocycles. The Morgan fingerprint density at radius 2 is 1.60 bits per heavy atom. The molecule has 2 aromatic carbocycles. The summed E-state index contributed by atoms with van der Waals surface area (Å²) in [5, 5.41) is 0.988. The minimum absolute atomic E-state index is 0.00107. The Labute approximate surface area is 113 Å². The van der Waals surface area contributed by atoms with Crippen LogP contribution in [0.25, 0.3) is 33.2 Å². The molecule has 4 aromatic rings. The highest BCUT2D eigenvalue weighted by Gasteiger charge is 2.17. The highest BCUT2D eigenvalue weighted by atomic mass is 19.1. The maximum atomic E-state index is 14.4. The molecular weight excluding hydrogens is 258 g/mol. The van der Waals surface area contributed by atoms with Crippen LogP contribution >= 0.6 is 0 Å². The predicted molar refractivity (Wildman–Crippen MR) is 75.5 cm³/mol. The minimum atomic E-state index is -0.565. The number of hydrogen-bond donors (Lipinski definition) is 2. The third-order valence-corrected chi connectivity index (χ3v) is 3.51. The van der Waals surface area contributed by atoms with Gasteiger partial charge in [0.15, 0.2) is 5.82 Å². The average Bonchev–Trinajstić information content (AvgIpc) is 3.00. The summed E-state index contributed by atoms with van der Waals surface area (Å²) in [6.07, 6.45) is 0. The molecule has 0 spiro atoms. The number of nitrogens with one attached hydrogen (secondary N) is 2. The molecule has 0 bridgehead atoms. The Kier molecular flexibility index (Phi) is 2.21. The van der Waals surface area contributed by atoms with Gasteiger partial charge >= 0.3 is 0 Å². The van der Waals surface area contributed by atoms with Crippen molar-refractivity contribution in [2.75, 3.05) is 0 Å². The summed E-state index contributed by atoms with van der Waals surface area (Å²) in [5.41, 5.74) is 2.26. The molecule has 0 unspecified atom stereocenters. The Morgan fingerprint density at radius 3 is 2.40 bits per heavy atom. The van der Waals surface area contributed by atoms with E-state index in [-0.39, 0.29) is 11.1 Å². The van der Waals surface area contributed by atoms with Gasteiger partial charge in [-0.25, -0.2) is 8.78 Å². The number of H-pyrrole nitrogens is 2. The fourth-order valence-electron chi connectivity index (χ4n) is 2.56. The van der Waals surface area contributed by atoms with Gasteiger partial charge < -0.3 is 9.97 Å². The van der Waals surface area contributed by atoms with Crippen molar-refractivity contribution >= 4 is 21.8 Å². The van der Waals surface area contributed by atoms with Crippen LogP contribution < -0.4 is 0 Å². The van der Waals surface area contributed by atoms with Crippen molar-refractivity contribution in [2.24, 2.45) is 0 Å². The normalized spacial score (nSPS) is 11.5. The summed E-state index contributed by atoms with van der Waals surface area (Å²) in [7, 11) is 0. The fraction of sp³-hybridized carbons (Fsp3) is 0. The number of fused-ring (bicyclic) bond motifs is 2. The highest BCUT2D eigenvalue weighted by molar-refractivity contribution is 5.90. The largest absolute Gasteiger partial charge is 0.353 e. The lowest BCUT2D eigenvalue weighted by Crippen LogP contribution is -1.81. The Balaban J connectivity index is 2.02. The quantitative estimate of drug-likeness (QED) is 0.506. The first-order chi connectivity index (χ1) is 9.74. The number of rotatable bonds is 1. The lowest BCUT2D eigenvalue weighted by molar-refractivity contribution is 0.611. The minimum Gasteiger partial charge on any atom is -0.353 e. The zero-order chi connectivity index (χ0) is 13.7. The van der Waals surface area contributed by atoms with E-state index in [4.69, 9.17) is 0 Å². The monoisotopic (exact) mass is 268 g/mol. The summed E-state index contributed by atoms with van der Waals surface area (Å²) >= 11 is 0. The zero-order valence-electron chi connectivity index (χ0n) is 10.4. The van der Waals surface area contributed by atoms with E-state index in [1.54, 1.807) is 12.1 Å². The van der Waals surface area contributed by atoms with Crippen LogP contribution in [-0.4, -0.2) is 9.97 Å². The van der Waals surface area contributed by atoms with E-state index in [1.165, 1.54) is 6.07 Å². The Hall–Kier alpha value is -2.62. The van der Waals surface area contributed by atoms with Crippen LogP contribution in [0.1, 0.15) is 0 Å². The first-order valence-electron chi connectivity index (χ1n) is 6.28. The molecule has 0 radical (unpaired) electrons. The van der Waals surface area contributed by atoms with Gasteiger partial charge in [-0.2, -0.15) is 0 Å². The topological polar surface area (TPSA) is 31.6 Å². The standard InChI is InChI=1S/C16H10F2N2/c17-10-5-3-7-12-14(10)15(18)16(20-12)13-8-9-4-1-2-6-11(9)19-13/h1-8,19-20H. The average molecular weight is 268 g/mol. The molecule has 0 saturated carbocycles. The predicted octanol–water partition coefficient (Wildman–Crippen LogP) is 4.59. The van der Waals surface area contributed by atoms with Crippen molar-refractivity contribution in [3.63, 3.8) is 0 Å². The summed E-state index contributed by atoms with van der Waals surface area (Å²) < 4.78 is 28.1. The molecule has 20 heavy (non-hydrogen) atoms. The fourth-order valence-corrected chi connectivity index (χ4v) is 2.56. The van der Waals surface area contributed by atoms with Crippen molar-refractivity contribution in [2.45, 2.75) is 0 Å². The summed E-state index contributed by atoms with van der Waals surface area (Å²) in [5.74, 6) is -1.12. The van der Waals surface area contributed by atoms with E-state index in [0.717, 1.165) is 10.9 Å². The lowest BCUT2D eigenvalue weighted by atomic mass is 10.2. The van der Waals surface area contributed by atoms with Gasteiger partial charge in [0.1, 0.15) is 5.82 Å². The molecule has 0 aliphatic rings. The molecule has 0 aliphatic heterocycles. The number of halogens is 2. The number of para-hydroxylation sites is 1. The lowest BCUT2D eigenvalue weighted by Gasteiger charge is -1.93. The van der Waals surface area contributed by atoms with Gasteiger partial charge in [-0.15, -0.1) is 0 Å². The highest BCUT2D eigenvalue weighted by Crippen LogP contribution is 2.31. The number of hydrogen-bond acceptors (Lipinski definition) is 0. The molecule has 2 heterocycles. The molecule has 0 aliphatic carbocycles. The SMILES string of the molecule is Fc1cccc2[nH]c(-c3cc4ccccc4[nH]3)c(F)c12. The van der Waals surface area contributed by atoms with Crippen molar-refractivity contribution in [3.8, 4) is 11.4 Å². The van der Waals surface area contributed by atoms with Gasteiger partial charge in [-0.3, -0.25) is 0 Å². The third kappa shape index (κ3) is 1.48. The smallest absolute Gasteiger partial charge is 0.161 e. The molecule has 0 atom stereocenters. The molecule has 4 rings (SSSR count). The zero-order valence-corrected chi connectivity index (χ0v) is 10.4. The van der Waals surface area contributed by atoms with Crippen molar-refractivity contribution in [1.82, 2.24) is 9.97 Å². The van der Waals surface area contributed by atoms with Crippen LogP contribution in [0.15, 0.2) is 48.5 Å². The third-order valence-electron chi connectivity index (χ3n) is 3.51. The van der Waals surface area contributed by atoms with E-state index < -0.39 is 11.6 Å². The van der Waals surface area contributed by atoms with Gasteiger partial charge in [0.2, 0.25) is 0 Å². The van der Waals surface area contributed by atoms with Crippen molar-refractivity contribution in [1.29, 1.82) is 0 Å². The van der Waals surface area contributed by atoms with Crippen LogP contribution in [0.4, 0.5) is 8.78 Å². The molecule has 2 aromatic heterocycles. The summed E-state index contributed by atoms with van der Waals surface area (Å²) in [6.45, 7) is 0. The number of aromatic nitrogens is 2. The van der Waals surface area contributed by atoms with Crippen LogP contribution in [0.5, 0.6) is 0 Å². The molecule has 0 fully saturated rings. The number of benzene rings is 2. The van der Waals surface area contributed by atoms with Gasteiger partial charge in [0.05, 0.1) is 22.3 Å². The second kappa shape index (κ2) is 3.93. The van der Waals surface area contributed by atoms with Crippen LogP contribution in [-0.2, 0) is 0 Å². The van der Waals surface area contributed by atoms with E-state index in [1.807, 2.05) is 30.3 Å². The number of aromatic amines is 2. The van der Waals surface area contributed by atoms with E-state index in [0.29, 0.717) is 11.2 Å². The van der Waals surface area contributed by atoms with Crippen LogP contribution in [0.2, 0.25) is 0 Å². The van der Waals surface area contributed by atoms with Gasteiger partial charge in [0.25, 0.3) is 0 Å². The van der Waals surface area contributed by atoms with E-state index in [2.05, 4.69) is 9.97 Å². The van der Waals surface area contributed by atoms with Crippen molar-refractivity contribution < 1.29 is 8.78 Å². The Bertz CT molecular complexity index is 901. The maximum absolute atomic E-state index is 14.4. The Morgan fingerprint density at radius 1 is 0.800 bits per heavy atom. The summed E-state index contributed by atoms with van der Waals surface area (Å²) in [6, 6.07) is 14.0. The van der Waals surface area contributed by atoms with Gasteiger partial charge in [0, 0.05) is 10.9 Å². The van der Waals surface area contributed by atoms with Crippen molar-refractivity contribution in [3.05, 3.63) is 60.2 Å².